The smallest absolute Gasteiger partial charge is 0.119 e. The fourth-order valence-electron chi connectivity index (χ4n) is 0.820. The van der Waals surface area contributed by atoms with E-state index in [1.807, 2.05) is 6.92 Å². The van der Waals surface area contributed by atoms with Crippen LogP contribution < -0.4 is 0 Å². The summed E-state index contributed by atoms with van der Waals surface area (Å²) in [5.41, 5.74) is 0.907. The van der Waals surface area contributed by atoms with Crippen LogP contribution in [0.5, 0.6) is 0 Å². The number of aromatic nitrogens is 1. The van der Waals surface area contributed by atoms with Crippen LogP contribution in [-0.4, -0.2) is 17.2 Å². The highest BCUT2D eigenvalue weighted by Gasteiger charge is 2.04. The number of aliphatic hydroxyl groups is 1. The number of rotatable bonds is 3. The molecular formula is C7H11NO2S. The summed E-state index contributed by atoms with van der Waals surface area (Å²) >= 11 is 1.50. The molecule has 0 atom stereocenters. The van der Waals surface area contributed by atoms with Crippen LogP contribution in [0.25, 0.3) is 0 Å². The number of methoxy groups -OCH3 is 1. The van der Waals surface area contributed by atoms with Gasteiger partial charge >= 0.3 is 0 Å². The Hall–Kier alpha value is -0.450. The van der Waals surface area contributed by atoms with Gasteiger partial charge in [-0.25, -0.2) is 4.98 Å². The Labute approximate surface area is 69.7 Å². The molecule has 1 aromatic heterocycles. The van der Waals surface area contributed by atoms with Gasteiger partial charge in [0.15, 0.2) is 0 Å². The van der Waals surface area contributed by atoms with Crippen LogP contribution in [0, 0.1) is 6.92 Å². The lowest BCUT2D eigenvalue weighted by Crippen LogP contribution is -1.85. The summed E-state index contributed by atoms with van der Waals surface area (Å²) in [5.74, 6) is 0. The molecule has 11 heavy (non-hydrogen) atoms. The average Bonchev–Trinajstić information content (AvgIpc) is 2.32. The van der Waals surface area contributed by atoms with Crippen molar-refractivity contribution < 1.29 is 9.84 Å². The topological polar surface area (TPSA) is 42.4 Å². The maximum Gasteiger partial charge on any atom is 0.119 e. The standard InChI is InChI=1S/C7H11NO2S/c1-5-6(3-9)11-7(8-5)4-10-2/h9H,3-4H2,1-2H3. The first-order chi connectivity index (χ1) is 5.27. The van der Waals surface area contributed by atoms with Crippen molar-refractivity contribution in [2.45, 2.75) is 20.1 Å². The highest BCUT2D eigenvalue weighted by molar-refractivity contribution is 7.11. The van der Waals surface area contributed by atoms with E-state index in [4.69, 9.17) is 9.84 Å². The number of aliphatic hydroxyl groups excluding tert-OH is 1. The maximum atomic E-state index is 8.83. The molecule has 4 heteroatoms. The predicted octanol–water partition coefficient (Wildman–Crippen LogP) is 1.09. The van der Waals surface area contributed by atoms with Gasteiger partial charge in [-0.1, -0.05) is 0 Å². The molecule has 0 bridgehead atoms. The Morgan fingerprint density at radius 3 is 2.82 bits per heavy atom. The zero-order valence-electron chi connectivity index (χ0n) is 6.63. The van der Waals surface area contributed by atoms with Crippen LogP contribution in [0.1, 0.15) is 15.6 Å². The molecule has 0 aromatic carbocycles. The Balaban J connectivity index is 2.77. The number of aryl methyl sites for hydroxylation is 1. The Kier molecular flexibility index (Phi) is 2.99. The van der Waals surface area contributed by atoms with E-state index in [1.165, 1.54) is 11.3 Å². The third-order valence-corrected chi connectivity index (χ3v) is 2.46. The molecule has 0 spiro atoms. The minimum atomic E-state index is 0.0766. The molecule has 3 nitrogen and oxygen atoms in total. The molecule has 0 aliphatic rings. The zero-order chi connectivity index (χ0) is 8.27. The van der Waals surface area contributed by atoms with E-state index < -0.39 is 0 Å². The molecule has 1 rings (SSSR count). The monoisotopic (exact) mass is 173 g/mol. The van der Waals surface area contributed by atoms with Gasteiger partial charge in [0, 0.05) is 7.11 Å². The van der Waals surface area contributed by atoms with Gasteiger partial charge < -0.3 is 9.84 Å². The van der Waals surface area contributed by atoms with Gasteiger partial charge in [0.25, 0.3) is 0 Å². The second-order valence-electron chi connectivity index (χ2n) is 2.21. The second-order valence-corrected chi connectivity index (χ2v) is 3.38. The predicted molar refractivity (Wildman–Crippen MR) is 43.5 cm³/mol. The molecule has 1 heterocycles. The highest BCUT2D eigenvalue weighted by atomic mass is 32.1. The first kappa shape index (κ1) is 8.64. The van der Waals surface area contributed by atoms with E-state index in [1.54, 1.807) is 7.11 Å². The molecule has 0 amide bonds. The van der Waals surface area contributed by atoms with Crippen molar-refractivity contribution in [2.24, 2.45) is 0 Å². The molecule has 1 N–H and O–H groups in total. The van der Waals surface area contributed by atoms with Gasteiger partial charge in [0.1, 0.15) is 5.01 Å². The molecule has 0 saturated heterocycles. The lowest BCUT2D eigenvalue weighted by molar-refractivity contribution is 0.184. The van der Waals surface area contributed by atoms with Gasteiger partial charge in [-0.05, 0) is 6.92 Å². The van der Waals surface area contributed by atoms with Crippen LogP contribution in [-0.2, 0) is 18.0 Å². The van der Waals surface area contributed by atoms with Crippen molar-refractivity contribution in [3.05, 3.63) is 15.6 Å². The molecule has 1 aromatic rings. The molecule has 0 fully saturated rings. The van der Waals surface area contributed by atoms with Gasteiger partial charge in [-0.2, -0.15) is 0 Å². The maximum absolute atomic E-state index is 8.83. The Morgan fingerprint density at radius 1 is 1.64 bits per heavy atom. The van der Waals surface area contributed by atoms with Gasteiger partial charge in [-0.15, -0.1) is 11.3 Å². The number of nitrogens with zero attached hydrogens (tertiary/aromatic N) is 1. The molecule has 0 radical (unpaired) electrons. The number of thiazole rings is 1. The third-order valence-electron chi connectivity index (χ3n) is 1.35. The third kappa shape index (κ3) is 1.99. The lowest BCUT2D eigenvalue weighted by atomic mass is 10.4. The van der Waals surface area contributed by atoms with Crippen molar-refractivity contribution in [1.29, 1.82) is 0 Å². The van der Waals surface area contributed by atoms with Crippen LogP contribution in [0.2, 0.25) is 0 Å². The first-order valence-electron chi connectivity index (χ1n) is 3.33. The van der Waals surface area contributed by atoms with Gasteiger partial charge in [-0.3, -0.25) is 0 Å². The normalized spacial score (nSPS) is 10.5. The average molecular weight is 173 g/mol. The van der Waals surface area contributed by atoms with Crippen LogP contribution in [0.4, 0.5) is 0 Å². The van der Waals surface area contributed by atoms with E-state index in [0.29, 0.717) is 6.61 Å². The van der Waals surface area contributed by atoms with Crippen LogP contribution in [0.15, 0.2) is 0 Å². The number of hydrogen-bond donors (Lipinski definition) is 1. The first-order valence-corrected chi connectivity index (χ1v) is 4.14. The van der Waals surface area contributed by atoms with Gasteiger partial charge in [0.2, 0.25) is 0 Å². The molecule has 0 aliphatic heterocycles. The largest absolute Gasteiger partial charge is 0.391 e. The van der Waals surface area contributed by atoms with Crippen LogP contribution in [0.3, 0.4) is 0 Å². The molecule has 62 valence electrons. The number of hydrogen-bond acceptors (Lipinski definition) is 4. The summed E-state index contributed by atoms with van der Waals surface area (Å²) in [7, 11) is 1.63. The molecule has 0 unspecified atom stereocenters. The van der Waals surface area contributed by atoms with E-state index in [-0.39, 0.29) is 6.61 Å². The summed E-state index contributed by atoms with van der Waals surface area (Å²) in [4.78, 5) is 5.13. The SMILES string of the molecule is COCc1nc(C)c(CO)s1. The highest BCUT2D eigenvalue weighted by Crippen LogP contribution is 2.17. The van der Waals surface area contributed by atoms with Crippen molar-refractivity contribution in [2.75, 3.05) is 7.11 Å². The van der Waals surface area contributed by atoms with Crippen molar-refractivity contribution in [3.8, 4) is 0 Å². The van der Waals surface area contributed by atoms with Crippen molar-refractivity contribution >= 4 is 11.3 Å². The summed E-state index contributed by atoms with van der Waals surface area (Å²) in [6.07, 6.45) is 0. The van der Waals surface area contributed by atoms with Crippen molar-refractivity contribution in [3.63, 3.8) is 0 Å². The number of ether oxygens (including phenoxy) is 1. The fraction of sp³-hybridized carbons (Fsp3) is 0.571. The second kappa shape index (κ2) is 3.80. The Bertz CT molecular complexity index is 234. The van der Waals surface area contributed by atoms with E-state index in [9.17, 15) is 0 Å². The summed E-state index contributed by atoms with van der Waals surface area (Å²) in [6.45, 7) is 2.50. The lowest BCUT2D eigenvalue weighted by Gasteiger charge is -1.88. The van der Waals surface area contributed by atoms with E-state index >= 15 is 0 Å². The minimum Gasteiger partial charge on any atom is -0.391 e. The molecular weight excluding hydrogens is 162 g/mol. The molecule has 0 saturated carbocycles. The van der Waals surface area contributed by atoms with E-state index in [0.717, 1.165) is 15.6 Å². The fourth-order valence-corrected chi connectivity index (χ4v) is 1.72. The quantitative estimate of drug-likeness (QED) is 0.744. The van der Waals surface area contributed by atoms with E-state index in [2.05, 4.69) is 4.98 Å². The zero-order valence-corrected chi connectivity index (χ0v) is 7.44. The summed E-state index contributed by atoms with van der Waals surface area (Å²) in [5, 5.41) is 9.75. The Morgan fingerprint density at radius 2 is 2.36 bits per heavy atom. The van der Waals surface area contributed by atoms with Gasteiger partial charge in [0.05, 0.1) is 23.8 Å². The summed E-state index contributed by atoms with van der Waals surface area (Å²) < 4.78 is 4.91. The van der Waals surface area contributed by atoms with Crippen LogP contribution >= 0.6 is 11.3 Å². The minimum absolute atomic E-state index is 0.0766. The van der Waals surface area contributed by atoms with Crippen molar-refractivity contribution in [1.82, 2.24) is 4.98 Å². The molecule has 0 aliphatic carbocycles. The summed E-state index contributed by atoms with van der Waals surface area (Å²) in [6, 6.07) is 0.